The molecule has 2 amide bonds. The average Bonchev–Trinajstić information content (AvgIpc) is 3.25. The number of nitrogens with one attached hydrogen (secondary N) is 2. The predicted octanol–water partition coefficient (Wildman–Crippen LogP) is 3.25. The number of anilines is 1. The minimum absolute atomic E-state index is 0.279. The number of rotatable bonds is 6. The highest BCUT2D eigenvalue weighted by Crippen LogP contribution is 2.35. The van der Waals surface area contributed by atoms with E-state index in [4.69, 9.17) is 0 Å². The molecule has 1 aliphatic rings. The molecule has 122 valence electrons. The number of hydrogen-bond acceptors (Lipinski definition) is 4. The molecule has 0 aliphatic heterocycles. The molecule has 1 heterocycles. The SMILES string of the molecule is O=C(NCc1nncn1C1CC1)Nc1ccc(SC(F)F)cc1. The highest BCUT2D eigenvalue weighted by molar-refractivity contribution is 7.99. The molecule has 0 spiro atoms. The van der Waals surface area contributed by atoms with Crippen molar-refractivity contribution in [3.05, 3.63) is 36.4 Å². The maximum Gasteiger partial charge on any atom is 0.319 e. The second-order valence-corrected chi connectivity index (χ2v) is 6.16. The van der Waals surface area contributed by atoms with Crippen molar-refractivity contribution in [3.8, 4) is 0 Å². The quantitative estimate of drug-likeness (QED) is 0.793. The van der Waals surface area contributed by atoms with Gasteiger partial charge < -0.3 is 15.2 Å². The van der Waals surface area contributed by atoms with Crippen molar-refractivity contribution in [2.75, 3.05) is 5.32 Å². The van der Waals surface area contributed by atoms with Crippen molar-refractivity contribution >= 4 is 23.5 Å². The zero-order chi connectivity index (χ0) is 16.2. The second-order valence-electron chi connectivity index (χ2n) is 5.10. The molecule has 3 rings (SSSR count). The van der Waals surface area contributed by atoms with E-state index in [0.717, 1.165) is 12.8 Å². The summed E-state index contributed by atoms with van der Waals surface area (Å²) in [5, 5.41) is 13.2. The minimum Gasteiger partial charge on any atom is -0.331 e. The Labute approximate surface area is 135 Å². The maximum absolute atomic E-state index is 12.2. The van der Waals surface area contributed by atoms with E-state index in [9.17, 15) is 13.6 Å². The van der Waals surface area contributed by atoms with Crippen LogP contribution >= 0.6 is 11.8 Å². The van der Waals surface area contributed by atoms with Crippen molar-refractivity contribution in [2.45, 2.75) is 36.1 Å². The predicted molar refractivity (Wildman–Crippen MR) is 82.5 cm³/mol. The first-order chi connectivity index (χ1) is 11.1. The molecule has 1 aromatic heterocycles. The van der Waals surface area contributed by atoms with Gasteiger partial charge in [0.15, 0.2) is 5.82 Å². The smallest absolute Gasteiger partial charge is 0.319 e. The van der Waals surface area contributed by atoms with Gasteiger partial charge in [-0.25, -0.2) is 4.79 Å². The second kappa shape index (κ2) is 6.95. The van der Waals surface area contributed by atoms with Gasteiger partial charge in [-0.1, -0.05) is 11.8 Å². The lowest BCUT2D eigenvalue weighted by molar-refractivity contribution is 0.251. The number of nitrogens with zero attached hydrogens (tertiary/aromatic N) is 3. The Hall–Kier alpha value is -2.16. The van der Waals surface area contributed by atoms with Gasteiger partial charge in [0, 0.05) is 16.6 Å². The molecule has 23 heavy (non-hydrogen) atoms. The summed E-state index contributed by atoms with van der Waals surface area (Å²) < 4.78 is 26.4. The van der Waals surface area contributed by atoms with Crippen molar-refractivity contribution in [1.29, 1.82) is 0 Å². The highest BCUT2D eigenvalue weighted by Gasteiger charge is 2.25. The Kier molecular flexibility index (Phi) is 4.75. The topological polar surface area (TPSA) is 71.8 Å². The number of alkyl halides is 2. The number of amides is 2. The van der Waals surface area contributed by atoms with Gasteiger partial charge in [-0.2, -0.15) is 8.78 Å². The van der Waals surface area contributed by atoms with Crippen molar-refractivity contribution in [3.63, 3.8) is 0 Å². The molecular weight excluding hydrogens is 324 g/mol. The number of halogens is 2. The molecule has 2 N–H and O–H groups in total. The van der Waals surface area contributed by atoms with E-state index >= 15 is 0 Å². The molecule has 0 saturated heterocycles. The molecule has 0 bridgehead atoms. The monoisotopic (exact) mass is 339 g/mol. The summed E-state index contributed by atoms with van der Waals surface area (Å²) in [6, 6.07) is 6.30. The van der Waals surface area contributed by atoms with Crippen LogP contribution in [-0.4, -0.2) is 26.6 Å². The standard InChI is InChI=1S/C14H15F2N5OS/c15-13(16)23-11-5-1-9(2-6-11)19-14(22)17-7-12-20-18-8-21(12)10-3-4-10/h1-2,5-6,8,10,13H,3-4,7H2,(H2,17,19,22). The van der Waals surface area contributed by atoms with E-state index in [1.54, 1.807) is 18.5 Å². The lowest BCUT2D eigenvalue weighted by Crippen LogP contribution is -2.29. The summed E-state index contributed by atoms with van der Waals surface area (Å²) in [4.78, 5) is 12.3. The van der Waals surface area contributed by atoms with Crippen molar-refractivity contribution in [1.82, 2.24) is 20.1 Å². The zero-order valence-corrected chi connectivity index (χ0v) is 12.9. The number of carbonyl (C=O) groups excluding carboxylic acids is 1. The summed E-state index contributed by atoms with van der Waals surface area (Å²) in [5.74, 6) is -1.74. The van der Waals surface area contributed by atoms with Crippen LogP contribution in [0.4, 0.5) is 19.3 Å². The fraction of sp³-hybridized carbons (Fsp3) is 0.357. The summed E-state index contributed by atoms with van der Waals surface area (Å²) in [7, 11) is 0. The number of aromatic nitrogens is 3. The molecule has 1 saturated carbocycles. The average molecular weight is 339 g/mol. The van der Waals surface area contributed by atoms with Gasteiger partial charge in [-0.15, -0.1) is 10.2 Å². The Bertz CT molecular complexity index is 672. The number of urea groups is 1. The van der Waals surface area contributed by atoms with Crippen LogP contribution in [0.1, 0.15) is 24.7 Å². The van der Waals surface area contributed by atoms with Crippen molar-refractivity contribution < 1.29 is 13.6 Å². The Morgan fingerprint density at radius 2 is 2.09 bits per heavy atom. The fourth-order valence-corrected chi connectivity index (χ4v) is 2.60. The summed E-state index contributed by atoms with van der Waals surface area (Å²) in [6.45, 7) is 0.279. The zero-order valence-electron chi connectivity index (χ0n) is 12.1. The largest absolute Gasteiger partial charge is 0.331 e. The molecule has 9 heteroatoms. The molecule has 1 aliphatic carbocycles. The third-order valence-corrected chi connectivity index (χ3v) is 4.05. The minimum atomic E-state index is -2.46. The Balaban J connectivity index is 1.50. The Morgan fingerprint density at radius 1 is 1.35 bits per heavy atom. The van der Waals surface area contributed by atoms with Crippen LogP contribution in [0.3, 0.4) is 0 Å². The van der Waals surface area contributed by atoms with Crippen LogP contribution in [0, 0.1) is 0 Å². The van der Waals surface area contributed by atoms with Gasteiger partial charge in [0.25, 0.3) is 5.76 Å². The van der Waals surface area contributed by atoms with E-state index in [1.165, 1.54) is 12.1 Å². The van der Waals surface area contributed by atoms with Gasteiger partial charge in [0.1, 0.15) is 6.33 Å². The van der Waals surface area contributed by atoms with Crippen LogP contribution in [0.25, 0.3) is 0 Å². The number of benzene rings is 1. The molecule has 0 unspecified atom stereocenters. The first-order valence-electron chi connectivity index (χ1n) is 7.10. The number of thioether (sulfide) groups is 1. The molecule has 2 aromatic rings. The lowest BCUT2D eigenvalue weighted by Gasteiger charge is -2.09. The van der Waals surface area contributed by atoms with Gasteiger partial charge in [0.2, 0.25) is 0 Å². The molecule has 0 atom stereocenters. The van der Waals surface area contributed by atoms with Crippen molar-refractivity contribution in [2.24, 2.45) is 0 Å². The summed E-state index contributed by atoms with van der Waals surface area (Å²) in [6.07, 6.45) is 3.90. The van der Waals surface area contributed by atoms with E-state index in [-0.39, 0.29) is 12.6 Å². The van der Waals surface area contributed by atoms with E-state index in [2.05, 4.69) is 20.8 Å². The maximum atomic E-state index is 12.2. The molecule has 6 nitrogen and oxygen atoms in total. The summed E-state index contributed by atoms with van der Waals surface area (Å²) in [5.41, 5.74) is 0.532. The normalized spacial score (nSPS) is 14.0. The molecule has 0 radical (unpaired) electrons. The van der Waals surface area contributed by atoms with Crippen LogP contribution in [0.5, 0.6) is 0 Å². The molecular formula is C14H15F2N5OS. The molecule has 1 fully saturated rings. The first-order valence-corrected chi connectivity index (χ1v) is 7.98. The van der Waals surface area contributed by atoms with Crippen LogP contribution in [0.2, 0.25) is 0 Å². The van der Waals surface area contributed by atoms with Crippen LogP contribution in [0.15, 0.2) is 35.5 Å². The van der Waals surface area contributed by atoms with Gasteiger partial charge in [0.05, 0.1) is 6.54 Å². The Morgan fingerprint density at radius 3 is 2.74 bits per heavy atom. The van der Waals surface area contributed by atoms with E-state index in [0.29, 0.717) is 34.2 Å². The third-order valence-electron chi connectivity index (χ3n) is 3.33. The molecule has 1 aromatic carbocycles. The number of hydrogen-bond donors (Lipinski definition) is 2. The van der Waals surface area contributed by atoms with E-state index < -0.39 is 5.76 Å². The van der Waals surface area contributed by atoms with Crippen LogP contribution in [-0.2, 0) is 6.54 Å². The van der Waals surface area contributed by atoms with Gasteiger partial charge in [-0.05, 0) is 37.1 Å². The van der Waals surface area contributed by atoms with E-state index in [1.807, 2.05) is 4.57 Å². The lowest BCUT2D eigenvalue weighted by atomic mass is 10.3. The van der Waals surface area contributed by atoms with Gasteiger partial charge >= 0.3 is 6.03 Å². The third kappa shape index (κ3) is 4.41. The highest BCUT2D eigenvalue weighted by atomic mass is 32.2. The fourth-order valence-electron chi connectivity index (χ4n) is 2.11. The number of carbonyl (C=O) groups is 1. The van der Waals surface area contributed by atoms with Gasteiger partial charge in [-0.3, -0.25) is 0 Å². The first kappa shape index (κ1) is 15.7. The summed E-state index contributed by atoms with van der Waals surface area (Å²) >= 11 is 0.465. The van der Waals surface area contributed by atoms with Crippen LogP contribution < -0.4 is 10.6 Å².